The molecule has 1 heterocycles. The maximum absolute atomic E-state index is 13.6. The van der Waals surface area contributed by atoms with Crippen molar-refractivity contribution in [3.8, 4) is 0 Å². The summed E-state index contributed by atoms with van der Waals surface area (Å²) in [7, 11) is 0. The molecule has 1 N–H and O–H groups in total. The van der Waals surface area contributed by atoms with Crippen LogP contribution in [0.3, 0.4) is 0 Å². The standard InChI is InChI=1S/C18H24FNO2/c19-15-6-5-14-2-1-3-17(16(14)12-15)20-10-8-13(9-11-20)4-7-18(21)22/h5-6,12-13,17H,1-4,7-11H2,(H,21,22). The van der Waals surface area contributed by atoms with Gasteiger partial charge in [0.25, 0.3) is 0 Å². The predicted molar refractivity (Wildman–Crippen MR) is 83.2 cm³/mol. The molecule has 1 fully saturated rings. The van der Waals surface area contributed by atoms with Crippen molar-refractivity contribution in [2.45, 2.75) is 51.0 Å². The average molecular weight is 305 g/mol. The van der Waals surface area contributed by atoms with E-state index in [1.54, 1.807) is 12.1 Å². The van der Waals surface area contributed by atoms with Gasteiger partial charge in [-0.2, -0.15) is 0 Å². The smallest absolute Gasteiger partial charge is 0.303 e. The average Bonchev–Trinajstić information content (AvgIpc) is 2.53. The molecule has 1 aliphatic heterocycles. The molecule has 3 rings (SSSR count). The van der Waals surface area contributed by atoms with Crippen molar-refractivity contribution in [2.24, 2.45) is 5.92 Å². The molecular formula is C18H24FNO2. The molecule has 4 heteroatoms. The third-order valence-electron chi connectivity index (χ3n) is 5.25. The van der Waals surface area contributed by atoms with Gasteiger partial charge >= 0.3 is 5.97 Å². The zero-order valence-corrected chi connectivity index (χ0v) is 12.9. The van der Waals surface area contributed by atoms with Crippen LogP contribution in [-0.2, 0) is 11.2 Å². The number of nitrogens with zero attached hydrogens (tertiary/aromatic N) is 1. The molecule has 0 saturated carbocycles. The third kappa shape index (κ3) is 3.49. The van der Waals surface area contributed by atoms with Gasteiger partial charge in [-0.3, -0.25) is 9.69 Å². The summed E-state index contributed by atoms with van der Waals surface area (Å²) >= 11 is 0. The number of fused-ring (bicyclic) bond motifs is 1. The van der Waals surface area contributed by atoms with Gasteiger partial charge < -0.3 is 5.11 Å². The highest BCUT2D eigenvalue weighted by molar-refractivity contribution is 5.66. The first-order valence-corrected chi connectivity index (χ1v) is 8.37. The van der Waals surface area contributed by atoms with Crippen LogP contribution >= 0.6 is 0 Å². The van der Waals surface area contributed by atoms with Crippen LogP contribution in [-0.4, -0.2) is 29.1 Å². The van der Waals surface area contributed by atoms with Crippen LogP contribution in [0, 0.1) is 11.7 Å². The number of halogens is 1. The lowest BCUT2D eigenvalue weighted by Gasteiger charge is -2.40. The molecule has 2 aliphatic rings. The molecular weight excluding hydrogens is 281 g/mol. The van der Waals surface area contributed by atoms with Gasteiger partial charge in [0.2, 0.25) is 0 Å². The van der Waals surface area contributed by atoms with Crippen molar-refractivity contribution in [3.63, 3.8) is 0 Å². The summed E-state index contributed by atoms with van der Waals surface area (Å²) < 4.78 is 13.6. The Morgan fingerprint density at radius 1 is 1.27 bits per heavy atom. The summed E-state index contributed by atoms with van der Waals surface area (Å²) in [5, 5.41) is 8.79. The second kappa shape index (κ2) is 6.78. The molecule has 1 aliphatic carbocycles. The van der Waals surface area contributed by atoms with Crippen LogP contribution in [0.15, 0.2) is 18.2 Å². The lowest BCUT2D eigenvalue weighted by atomic mass is 9.84. The topological polar surface area (TPSA) is 40.5 Å². The van der Waals surface area contributed by atoms with Gasteiger partial charge in [-0.1, -0.05) is 6.07 Å². The highest BCUT2D eigenvalue weighted by Crippen LogP contribution is 2.37. The number of rotatable bonds is 4. The number of carboxylic acid groups (broad SMARTS) is 1. The van der Waals surface area contributed by atoms with E-state index in [9.17, 15) is 9.18 Å². The summed E-state index contributed by atoms with van der Waals surface area (Å²) in [5.41, 5.74) is 2.47. The normalized spacial score (nSPS) is 23.2. The Balaban J connectivity index is 1.63. The molecule has 1 saturated heterocycles. The second-order valence-corrected chi connectivity index (χ2v) is 6.66. The summed E-state index contributed by atoms with van der Waals surface area (Å²) in [6.45, 7) is 2.01. The van der Waals surface area contributed by atoms with Gasteiger partial charge in [0, 0.05) is 12.5 Å². The Kier molecular flexibility index (Phi) is 4.77. The van der Waals surface area contributed by atoms with E-state index in [2.05, 4.69) is 4.90 Å². The van der Waals surface area contributed by atoms with Gasteiger partial charge in [0.05, 0.1) is 0 Å². The zero-order valence-electron chi connectivity index (χ0n) is 12.9. The van der Waals surface area contributed by atoms with Crippen LogP contribution in [0.5, 0.6) is 0 Å². The van der Waals surface area contributed by atoms with E-state index in [4.69, 9.17) is 5.11 Å². The highest BCUT2D eigenvalue weighted by Gasteiger charge is 2.29. The molecule has 1 atom stereocenters. The lowest BCUT2D eigenvalue weighted by Crippen LogP contribution is -2.38. The second-order valence-electron chi connectivity index (χ2n) is 6.66. The van der Waals surface area contributed by atoms with Crippen molar-refractivity contribution in [1.82, 2.24) is 4.90 Å². The number of hydrogen-bond donors (Lipinski definition) is 1. The molecule has 1 aromatic carbocycles. The largest absolute Gasteiger partial charge is 0.481 e. The Morgan fingerprint density at radius 3 is 2.77 bits per heavy atom. The number of aliphatic carboxylic acids is 1. The number of likely N-dealkylation sites (tertiary alicyclic amines) is 1. The maximum atomic E-state index is 13.6. The van der Waals surface area contributed by atoms with Gasteiger partial charge in [-0.15, -0.1) is 0 Å². The molecule has 1 aromatic rings. The quantitative estimate of drug-likeness (QED) is 0.920. The van der Waals surface area contributed by atoms with E-state index in [0.717, 1.165) is 45.2 Å². The molecule has 0 aromatic heterocycles. The van der Waals surface area contributed by atoms with Crippen molar-refractivity contribution in [2.75, 3.05) is 13.1 Å². The van der Waals surface area contributed by atoms with Crippen LogP contribution in [0.25, 0.3) is 0 Å². The highest BCUT2D eigenvalue weighted by atomic mass is 19.1. The van der Waals surface area contributed by atoms with Crippen LogP contribution in [0.1, 0.15) is 55.7 Å². The first kappa shape index (κ1) is 15.5. The fraction of sp³-hybridized carbons (Fsp3) is 0.611. The molecule has 0 amide bonds. The van der Waals surface area contributed by atoms with Crippen molar-refractivity contribution >= 4 is 5.97 Å². The SMILES string of the molecule is O=C(O)CCC1CCN(C2CCCc3ccc(F)cc32)CC1. The molecule has 0 spiro atoms. The first-order valence-electron chi connectivity index (χ1n) is 8.37. The van der Waals surface area contributed by atoms with Crippen molar-refractivity contribution < 1.29 is 14.3 Å². The summed E-state index contributed by atoms with van der Waals surface area (Å²) in [4.78, 5) is 13.2. The van der Waals surface area contributed by atoms with E-state index >= 15 is 0 Å². The Bertz CT molecular complexity index is 538. The summed E-state index contributed by atoms with van der Waals surface area (Å²) in [6.07, 6.45) is 6.53. The van der Waals surface area contributed by atoms with E-state index in [1.807, 2.05) is 6.07 Å². The number of piperidine rings is 1. The van der Waals surface area contributed by atoms with Gasteiger partial charge in [0.15, 0.2) is 0 Å². The number of benzene rings is 1. The molecule has 1 unspecified atom stereocenters. The minimum Gasteiger partial charge on any atom is -0.481 e. The van der Waals surface area contributed by atoms with E-state index in [-0.39, 0.29) is 12.2 Å². The number of carbonyl (C=O) groups is 1. The van der Waals surface area contributed by atoms with Crippen LogP contribution in [0.4, 0.5) is 4.39 Å². The van der Waals surface area contributed by atoms with E-state index in [0.29, 0.717) is 12.0 Å². The lowest BCUT2D eigenvalue weighted by molar-refractivity contribution is -0.137. The Hall–Kier alpha value is -1.42. The van der Waals surface area contributed by atoms with Crippen molar-refractivity contribution in [1.29, 1.82) is 0 Å². The summed E-state index contributed by atoms with van der Waals surface area (Å²) in [5.74, 6) is -0.302. The van der Waals surface area contributed by atoms with Gasteiger partial charge in [-0.05, 0) is 80.8 Å². The van der Waals surface area contributed by atoms with Crippen molar-refractivity contribution in [3.05, 3.63) is 35.1 Å². The van der Waals surface area contributed by atoms with Crippen LogP contribution < -0.4 is 0 Å². The third-order valence-corrected chi connectivity index (χ3v) is 5.25. The molecule has 3 nitrogen and oxygen atoms in total. The summed E-state index contributed by atoms with van der Waals surface area (Å²) in [6, 6.07) is 5.57. The molecule has 120 valence electrons. The monoisotopic (exact) mass is 305 g/mol. The predicted octanol–water partition coefficient (Wildman–Crippen LogP) is 3.78. The minimum atomic E-state index is -0.695. The van der Waals surface area contributed by atoms with E-state index < -0.39 is 5.97 Å². The molecule has 22 heavy (non-hydrogen) atoms. The zero-order chi connectivity index (χ0) is 15.5. The minimum absolute atomic E-state index is 0.137. The maximum Gasteiger partial charge on any atom is 0.303 e. The Labute approximate surface area is 131 Å². The fourth-order valence-electron chi connectivity index (χ4n) is 4.01. The Morgan fingerprint density at radius 2 is 2.05 bits per heavy atom. The fourth-order valence-corrected chi connectivity index (χ4v) is 4.01. The first-order chi connectivity index (χ1) is 10.6. The van der Waals surface area contributed by atoms with Gasteiger partial charge in [-0.25, -0.2) is 4.39 Å². The number of carboxylic acids is 1. The number of aryl methyl sites for hydroxylation is 1. The number of hydrogen-bond acceptors (Lipinski definition) is 2. The van der Waals surface area contributed by atoms with Crippen LogP contribution in [0.2, 0.25) is 0 Å². The molecule has 0 bridgehead atoms. The molecule has 0 radical (unpaired) electrons. The van der Waals surface area contributed by atoms with Gasteiger partial charge in [0.1, 0.15) is 5.82 Å². The van der Waals surface area contributed by atoms with E-state index in [1.165, 1.54) is 17.5 Å².